The monoisotopic (exact) mass is 267 g/mol. The number of fused-ring (bicyclic) bond motifs is 2. The van der Waals surface area contributed by atoms with Crippen LogP contribution in [0, 0.1) is 17.7 Å². The minimum atomic E-state index is 0.149. The molecule has 0 radical (unpaired) electrons. The van der Waals surface area contributed by atoms with Crippen molar-refractivity contribution < 1.29 is 0 Å². The number of hydrogen-bond acceptors (Lipinski definition) is 4. The lowest BCUT2D eigenvalue weighted by Crippen LogP contribution is -2.25. The molecule has 20 heavy (non-hydrogen) atoms. The molecule has 0 aliphatic rings. The molecule has 0 bridgehead atoms. The summed E-state index contributed by atoms with van der Waals surface area (Å²) in [6, 6.07) is 5.68. The van der Waals surface area contributed by atoms with Crippen molar-refractivity contribution in [3.63, 3.8) is 0 Å². The maximum absolute atomic E-state index is 7.69. The van der Waals surface area contributed by atoms with Gasteiger partial charge in [-0.25, -0.2) is 9.97 Å². The molecule has 0 atom stereocenters. The van der Waals surface area contributed by atoms with E-state index in [4.69, 9.17) is 10.8 Å². The van der Waals surface area contributed by atoms with Crippen molar-refractivity contribution >= 4 is 28.6 Å². The van der Waals surface area contributed by atoms with E-state index in [1.165, 1.54) is 0 Å². The smallest absolute Gasteiger partial charge is 0.153 e. The molecule has 3 heterocycles. The van der Waals surface area contributed by atoms with Crippen molar-refractivity contribution in [3.8, 4) is 0 Å². The van der Waals surface area contributed by atoms with Gasteiger partial charge >= 0.3 is 0 Å². The molecular formula is C15H17N5. The Bertz CT molecular complexity index is 940. The zero-order valence-corrected chi connectivity index (χ0v) is 11.8. The Morgan fingerprint density at radius 1 is 0.950 bits per heavy atom. The van der Waals surface area contributed by atoms with Gasteiger partial charge in [-0.15, -0.1) is 0 Å². The molecule has 0 saturated heterocycles. The summed E-state index contributed by atoms with van der Waals surface area (Å²) in [4.78, 5) is 11.4. The number of rotatable bonds is 0. The molecule has 0 aliphatic carbocycles. The third-order valence-corrected chi connectivity index (χ3v) is 2.92. The first-order valence-corrected chi connectivity index (χ1v) is 6.48. The Hall–Kier alpha value is -2.56. The number of pyridine rings is 3. The average molecular weight is 267 g/mol. The fourth-order valence-electron chi connectivity index (χ4n) is 1.91. The Labute approximate surface area is 116 Å². The zero-order valence-electron chi connectivity index (χ0n) is 11.8. The Kier molecular flexibility index (Phi) is 3.61. The van der Waals surface area contributed by atoms with Gasteiger partial charge in [0.2, 0.25) is 0 Å². The molecule has 5 nitrogen and oxygen atoms in total. The number of nitrogens with zero attached hydrogens (tertiary/aromatic N) is 2. The summed E-state index contributed by atoms with van der Waals surface area (Å²) in [6.45, 7) is 9.63. The van der Waals surface area contributed by atoms with Crippen molar-refractivity contribution in [2.45, 2.75) is 20.8 Å². The summed E-state index contributed by atoms with van der Waals surface area (Å²) >= 11 is 0. The van der Waals surface area contributed by atoms with E-state index in [-0.39, 0.29) is 11.0 Å². The molecular weight excluding hydrogens is 250 g/mol. The number of aromatic nitrogens is 3. The standard InChI is InChI=1S/C13H11N5.C2H6/c1-6-3-8-5-9-4-7(2)11(15)17-13(9)18-12(8)16-10(6)14;1-2/h3-5H,1H2,2H3,(H3,14,15,16,17,18);1-2H3. The highest BCUT2D eigenvalue weighted by Gasteiger charge is 2.02. The lowest BCUT2D eigenvalue weighted by atomic mass is 10.2. The van der Waals surface area contributed by atoms with Crippen LogP contribution >= 0.6 is 0 Å². The van der Waals surface area contributed by atoms with Crippen LogP contribution in [-0.2, 0) is 0 Å². The third kappa shape index (κ3) is 2.30. The lowest BCUT2D eigenvalue weighted by molar-refractivity contribution is 1.06. The van der Waals surface area contributed by atoms with Gasteiger partial charge in [0.15, 0.2) is 5.49 Å². The SMILES string of the molecule is C=c1cc2cc3cc(C)c(=N)nc3[nH]c2nc1=N.CC. The Morgan fingerprint density at radius 3 is 2.15 bits per heavy atom. The van der Waals surface area contributed by atoms with Crippen LogP contribution in [0.4, 0.5) is 0 Å². The van der Waals surface area contributed by atoms with Crippen LogP contribution in [0.5, 0.6) is 0 Å². The van der Waals surface area contributed by atoms with Crippen molar-refractivity contribution in [1.82, 2.24) is 15.0 Å². The summed E-state index contributed by atoms with van der Waals surface area (Å²) in [5.74, 6) is 0. The van der Waals surface area contributed by atoms with Crippen LogP contribution < -0.4 is 16.2 Å². The summed E-state index contributed by atoms with van der Waals surface area (Å²) in [5, 5.41) is 17.7. The summed E-state index contributed by atoms with van der Waals surface area (Å²) in [7, 11) is 0. The quantitative estimate of drug-likeness (QED) is 0.539. The minimum Gasteiger partial charge on any atom is -0.324 e. The van der Waals surface area contributed by atoms with Gasteiger partial charge in [-0.1, -0.05) is 20.4 Å². The number of nitrogens with one attached hydrogen (secondary N) is 3. The fourth-order valence-corrected chi connectivity index (χ4v) is 1.91. The molecule has 3 aromatic heterocycles. The number of aromatic amines is 1. The van der Waals surface area contributed by atoms with Gasteiger partial charge < -0.3 is 4.98 Å². The molecule has 0 aliphatic heterocycles. The van der Waals surface area contributed by atoms with Gasteiger partial charge in [0.1, 0.15) is 16.8 Å². The van der Waals surface area contributed by atoms with Crippen molar-refractivity contribution in [2.75, 3.05) is 0 Å². The van der Waals surface area contributed by atoms with Gasteiger partial charge in [0.25, 0.3) is 0 Å². The van der Waals surface area contributed by atoms with Crippen LogP contribution in [0.1, 0.15) is 19.4 Å². The van der Waals surface area contributed by atoms with E-state index >= 15 is 0 Å². The van der Waals surface area contributed by atoms with Gasteiger partial charge in [-0.05, 0) is 30.7 Å². The third-order valence-electron chi connectivity index (χ3n) is 2.92. The van der Waals surface area contributed by atoms with Gasteiger partial charge in [-0.3, -0.25) is 10.8 Å². The molecule has 0 unspecified atom stereocenters. The molecule has 0 aromatic carbocycles. The lowest BCUT2D eigenvalue weighted by Gasteiger charge is -2.03. The summed E-state index contributed by atoms with van der Waals surface area (Å²) in [5.41, 5.74) is 2.43. The molecule has 0 amide bonds. The molecule has 0 spiro atoms. The molecule has 3 N–H and O–H groups in total. The number of hydrogen-bond donors (Lipinski definition) is 3. The van der Waals surface area contributed by atoms with Crippen molar-refractivity contribution in [2.24, 2.45) is 0 Å². The molecule has 102 valence electrons. The second-order valence-corrected chi connectivity index (χ2v) is 4.29. The zero-order chi connectivity index (χ0) is 14.9. The largest absolute Gasteiger partial charge is 0.324 e. The Morgan fingerprint density at radius 2 is 1.50 bits per heavy atom. The summed E-state index contributed by atoms with van der Waals surface area (Å²) < 4.78 is 0. The first kappa shape index (κ1) is 13.9. The van der Waals surface area contributed by atoms with E-state index in [0.29, 0.717) is 16.5 Å². The van der Waals surface area contributed by atoms with E-state index in [2.05, 4.69) is 21.5 Å². The Balaban J connectivity index is 0.000000704. The molecule has 5 heteroatoms. The summed E-state index contributed by atoms with van der Waals surface area (Å²) in [6.07, 6.45) is 0. The molecule has 3 aromatic rings. The van der Waals surface area contributed by atoms with E-state index in [1.54, 1.807) is 0 Å². The van der Waals surface area contributed by atoms with E-state index < -0.39 is 0 Å². The number of H-pyrrole nitrogens is 1. The normalized spacial score (nSPS) is 10.3. The van der Waals surface area contributed by atoms with Crippen LogP contribution in [0.3, 0.4) is 0 Å². The second kappa shape index (κ2) is 5.21. The predicted octanol–water partition coefficient (Wildman–Crippen LogP) is 1.53. The average Bonchev–Trinajstić information content (AvgIpc) is 2.42. The van der Waals surface area contributed by atoms with Gasteiger partial charge in [0, 0.05) is 16.0 Å². The van der Waals surface area contributed by atoms with Crippen LogP contribution in [0.15, 0.2) is 18.2 Å². The maximum atomic E-state index is 7.69. The van der Waals surface area contributed by atoms with E-state index in [1.807, 2.05) is 39.0 Å². The van der Waals surface area contributed by atoms with Crippen molar-refractivity contribution in [3.05, 3.63) is 40.0 Å². The van der Waals surface area contributed by atoms with E-state index in [0.717, 1.165) is 16.3 Å². The van der Waals surface area contributed by atoms with Gasteiger partial charge in [-0.2, -0.15) is 0 Å². The van der Waals surface area contributed by atoms with Gasteiger partial charge in [0.05, 0.1) is 0 Å². The van der Waals surface area contributed by atoms with E-state index in [9.17, 15) is 0 Å². The molecule has 3 rings (SSSR count). The minimum absolute atomic E-state index is 0.149. The highest BCUT2D eigenvalue weighted by atomic mass is 14.9. The van der Waals surface area contributed by atoms with Crippen molar-refractivity contribution in [1.29, 1.82) is 10.8 Å². The number of aryl methyl sites for hydroxylation is 1. The highest BCUT2D eigenvalue weighted by Crippen LogP contribution is 2.14. The van der Waals surface area contributed by atoms with Crippen LogP contribution in [0.25, 0.3) is 28.6 Å². The van der Waals surface area contributed by atoms with Crippen LogP contribution in [-0.4, -0.2) is 15.0 Å². The van der Waals surface area contributed by atoms with Crippen LogP contribution in [0.2, 0.25) is 0 Å². The first-order valence-electron chi connectivity index (χ1n) is 6.48. The molecule has 0 saturated carbocycles. The highest BCUT2D eigenvalue weighted by molar-refractivity contribution is 5.89. The molecule has 0 fully saturated rings. The first-order chi connectivity index (χ1) is 9.54. The second-order valence-electron chi connectivity index (χ2n) is 4.29. The predicted molar refractivity (Wildman–Crippen MR) is 79.9 cm³/mol. The fraction of sp³-hybridized carbons (Fsp3) is 0.200. The topological polar surface area (TPSA) is 89.3 Å². The maximum Gasteiger partial charge on any atom is 0.153 e.